The standard InChI is InChI=1S/C19H14Cl4N2O/c1-11(26)25-19(16-7-5-14(21)9-18(16)23)10-15(24-25)6-3-12-2-4-13(20)8-17(12)22/h2-9,19H,10H2,1H3. The molecule has 7 heteroatoms. The minimum atomic E-state index is -0.266. The lowest BCUT2D eigenvalue weighted by atomic mass is 10.0. The number of hydrogen-bond donors (Lipinski definition) is 0. The van der Waals surface area contributed by atoms with E-state index in [4.69, 9.17) is 46.4 Å². The molecule has 0 saturated heterocycles. The van der Waals surface area contributed by atoms with Gasteiger partial charge in [0.2, 0.25) is 5.91 Å². The SMILES string of the molecule is CC(=O)N1N=C(C=Cc2ccc(Cl)cc2Cl)CC1c1ccc(Cl)cc1Cl. The lowest BCUT2D eigenvalue weighted by Gasteiger charge is -2.21. The maximum Gasteiger partial charge on any atom is 0.240 e. The zero-order valence-electron chi connectivity index (χ0n) is 13.7. The van der Waals surface area contributed by atoms with Gasteiger partial charge in [-0.2, -0.15) is 5.10 Å². The van der Waals surface area contributed by atoms with Crippen LogP contribution >= 0.6 is 46.4 Å². The molecule has 0 bridgehead atoms. The quantitative estimate of drug-likeness (QED) is 0.538. The summed E-state index contributed by atoms with van der Waals surface area (Å²) in [6.45, 7) is 1.48. The van der Waals surface area contributed by atoms with Crippen LogP contribution in [0.4, 0.5) is 0 Å². The summed E-state index contributed by atoms with van der Waals surface area (Å²) >= 11 is 24.4. The van der Waals surface area contributed by atoms with E-state index < -0.39 is 0 Å². The Morgan fingerprint density at radius 3 is 2.31 bits per heavy atom. The minimum absolute atomic E-state index is 0.158. The lowest BCUT2D eigenvalue weighted by molar-refractivity contribution is -0.130. The Balaban J connectivity index is 1.87. The van der Waals surface area contributed by atoms with E-state index in [9.17, 15) is 4.79 Å². The average molecular weight is 428 g/mol. The van der Waals surface area contributed by atoms with Crippen molar-refractivity contribution >= 4 is 64.1 Å². The van der Waals surface area contributed by atoms with E-state index in [1.165, 1.54) is 11.9 Å². The van der Waals surface area contributed by atoms with E-state index in [1.807, 2.05) is 24.3 Å². The molecule has 134 valence electrons. The molecule has 0 saturated carbocycles. The van der Waals surface area contributed by atoms with E-state index in [0.29, 0.717) is 26.5 Å². The predicted molar refractivity (Wildman–Crippen MR) is 109 cm³/mol. The maximum absolute atomic E-state index is 12.0. The van der Waals surface area contributed by atoms with Crippen molar-refractivity contribution in [3.8, 4) is 0 Å². The van der Waals surface area contributed by atoms with Gasteiger partial charge in [-0.1, -0.05) is 64.6 Å². The van der Waals surface area contributed by atoms with Crippen LogP contribution < -0.4 is 0 Å². The summed E-state index contributed by atoms with van der Waals surface area (Å²) in [6.07, 6.45) is 4.24. The van der Waals surface area contributed by atoms with E-state index in [2.05, 4.69) is 5.10 Å². The molecule has 1 heterocycles. The molecule has 1 unspecified atom stereocenters. The van der Waals surface area contributed by atoms with Crippen molar-refractivity contribution in [2.45, 2.75) is 19.4 Å². The monoisotopic (exact) mass is 426 g/mol. The normalized spacial score (nSPS) is 17.0. The maximum atomic E-state index is 12.0. The highest BCUT2D eigenvalue weighted by Crippen LogP contribution is 2.36. The zero-order chi connectivity index (χ0) is 18.8. The number of allylic oxidation sites excluding steroid dienone is 1. The lowest BCUT2D eigenvalue weighted by Crippen LogP contribution is -2.24. The molecule has 1 aliphatic rings. The highest BCUT2D eigenvalue weighted by molar-refractivity contribution is 6.36. The number of rotatable bonds is 3. The third kappa shape index (κ3) is 4.24. The van der Waals surface area contributed by atoms with Gasteiger partial charge in [0.05, 0.1) is 11.8 Å². The summed E-state index contributed by atoms with van der Waals surface area (Å²) in [6, 6.07) is 10.2. The van der Waals surface area contributed by atoms with Crippen LogP contribution in [0.15, 0.2) is 47.6 Å². The first kappa shape index (κ1) is 19.2. The molecule has 2 aromatic carbocycles. The smallest absolute Gasteiger partial charge is 0.240 e. The summed E-state index contributed by atoms with van der Waals surface area (Å²) in [5.74, 6) is -0.158. The van der Waals surface area contributed by atoms with Gasteiger partial charge in [0.1, 0.15) is 0 Å². The Kier molecular flexibility index (Phi) is 5.93. The van der Waals surface area contributed by atoms with Gasteiger partial charge in [0, 0.05) is 33.4 Å². The Bertz CT molecular complexity index is 924. The molecule has 0 aromatic heterocycles. The van der Waals surface area contributed by atoms with Gasteiger partial charge in [0.15, 0.2) is 0 Å². The number of carbonyl (C=O) groups excluding carboxylic acids is 1. The van der Waals surface area contributed by atoms with Gasteiger partial charge in [-0.3, -0.25) is 4.79 Å². The van der Waals surface area contributed by atoms with E-state index in [0.717, 1.165) is 16.8 Å². The van der Waals surface area contributed by atoms with Crippen molar-refractivity contribution in [3.05, 3.63) is 73.7 Å². The number of hydrazone groups is 1. The van der Waals surface area contributed by atoms with Crippen molar-refractivity contribution in [2.75, 3.05) is 0 Å². The van der Waals surface area contributed by atoms with Crippen molar-refractivity contribution in [1.82, 2.24) is 5.01 Å². The summed E-state index contributed by atoms with van der Waals surface area (Å²) in [5, 5.41) is 8.05. The molecule has 3 nitrogen and oxygen atoms in total. The summed E-state index contributed by atoms with van der Waals surface area (Å²) in [5.41, 5.74) is 2.38. The Morgan fingerprint density at radius 1 is 1.04 bits per heavy atom. The van der Waals surface area contributed by atoms with E-state index in [-0.39, 0.29) is 11.9 Å². The summed E-state index contributed by atoms with van der Waals surface area (Å²) in [4.78, 5) is 12.0. The zero-order valence-corrected chi connectivity index (χ0v) is 16.7. The van der Waals surface area contributed by atoms with Crippen molar-refractivity contribution < 1.29 is 4.79 Å². The van der Waals surface area contributed by atoms with Crippen LogP contribution in [0, 0.1) is 0 Å². The fourth-order valence-electron chi connectivity index (χ4n) is 2.76. The van der Waals surface area contributed by atoms with Crippen LogP contribution in [-0.2, 0) is 4.79 Å². The number of hydrogen-bond acceptors (Lipinski definition) is 2. The van der Waals surface area contributed by atoms with E-state index in [1.54, 1.807) is 24.3 Å². The molecule has 1 atom stereocenters. The third-order valence-corrected chi connectivity index (χ3v) is 5.12. The first-order valence-electron chi connectivity index (χ1n) is 7.80. The fourth-order valence-corrected chi connectivity index (χ4v) is 3.77. The van der Waals surface area contributed by atoms with Crippen LogP contribution in [-0.4, -0.2) is 16.6 Å². The van der Waals surface area contributed by atoms with Gasteiger partial charge < -0.3 is 0 Å². The Labute approximate surface area is 171 Å². The molecule has 0 radical (unpaired) electrons. The molecule has 0 aliphatic carbocycles. The number of amides is 1. The van der Waals surface area contributed by atoms with Crippen molar-refractivity contribution in [3.63, 3.8) is 0 Å². The Hall–Kier alpha value is -1.52. The number of carbonyl (C=O) groups is 1. The van der Waals surface area contributed by atoms with Crippen molar-refractivity contribution in [1.29, 1.82) is 0 Å². The highest BCUT2D eigenvalue weighted by Gasteiger charge is 2.31. The van der Waals surface area contributed by atoms with Crippen LogP contribution in [0.2, 0.25) is 20.1 Å². The number of halogens is 4. The molecular weight excluding hydrogens is 414 g/mol. The molecule has 0 fully saturated rings. The van der Waals surface area contributed by atoms with Gasteiger partial charge in [-0.15, -0.1) is 0 Å². The van der Waals surface area contributed by atoms with Gasteiger partial charge in [-0.25, -0.2) is 5.01 Å². The molecular formula is C19H14Cl4N2O. The third-order valence-electron chi connectivity index (χ3n) is 4.00. The highest BCUT2D eigenvalue weighted by atomic mass is 35.5. The molecule has 0 spiro atoms. The van der Waals surface area contributed by atoms with E-state index >= 15 is 0 Å². The topological polar surface area (TPSA) is 32.7 Å². The number of benzene rings is 2. The first-order chi connectivity index (χ1) is 12.3. The van der Waals surface area contributed by atoms with Gasteiger partial charge in [0.25, 0.3) is 0 Å². The van der Waals surface area contributed by atoms with Crippen LogP contribution in [0.1, 0.15) is 30.5 Å². The van der Waals surface area contributed by atoms with Crippen LogP contribution in [0.25, 0.3) is 6.08 Å². The van der Waals surface area contributed by atoms with Crippen LogP contribution in [0.5, 0.6) is 0 Å². The van der Waals surface area contributed by atoms with Gasteiger partial charge >= 0.3 is 0 Å². The first-order valence-corrected chi connectivity index (χ1v) is 9.31. The second kappa shape index (κ2) is 8.01. The summed E-state index contributed by atoms with van der Waals surface area (Å²) in [7, 11) is 0. The fraction of sp³-hybridized carbons (Fsp3) is 0.158. The minimum Gasteiger partial charge on any atom is -0.273 e. The number of nitrogens with zero attached hydrogens (tertiary/aromatic N) is 2. The molecule has 1 amide bonds. The summed E-state index contributed by atoms with van der Waals surface area (Å²) < 4.78 is 0. The predicted octanol–water partition coefficient (Wildman–Crippen LogP) is 6.66. The second-order valence-corrected chi connectivity index (χ2v) is 7.53. The molecule has 2 aromatic rings. The Morgan fingerprint density at radius 2 is 1.69 bits per heavy atom. The molecule has 0 N–H and O–H groups in total. The average Bonchev–Trinajstić information content (AvgIpc) is 2.98. The molecule has 1 aliphatic heterocycles. The van der Waals surface area contributed by atoms with Crippen LogP contribution in [0.3, 0.4) is 0 Å². The molecule has 3 rings (SSSR count). The van der Waals surface area contributed by atoms with Gasteiger partial charge in [-0.05, 0) is 41.5 Å². The molecule has 26 heavy (non-hydrogen) atoms. The second-order valence-electron chi connectivity index (χ2n) is 5.84. The van der Waals surface area contributed by atoms with Crippen molar-refractivity contribution in [2.24, 2.45) is 5.10 Å². The largest absolute Gasteiger partial charge is 0.273 e.